The van der Waals surface area contributed by atoms with Gasteiger partial charge in [-0.2, -0.15) is 0 Å². The molecule has 1 saturated heterocycles. The summed E-state index contributed by atoms with van der Waals surface area (Å²) in [6.07, 6.45) is 0.842. The third-order valence-electron chi connectivity index (χ3n) is 6.08. The van der Waals surface area contributed by atoms with E-state index in [1.807, 2.05) is 51.1 Å². The van der Waals surface area contributed by atoms with Crippen LogP contribution in [0.15, 0.2) is 72.3 Å². The number of anilines is 1. The molecule has 180 valence electrons. The van der Waals surface area contributed by atoms with E-state index in [1.54, 1.807) is 43.5 Å². The Morgan fingerprint density at radius 3 is 2.40 bits per heavy atom. The summed E-state index contributed by atoms with van der Waals surface area (Å²) in [5, 5.41) is 11.4. The summed E-state index contributed by atoms with van der Waals surface area (Å²) < 4.78 is 11.0. The molecule has 1 heterocycles. The number of nitrogens with zero attached hydrogens (tertiary/aromatic N) is 1. The Kier molecular flexibility index (Phi) is 6.92. The number of amides is 1. The molecule has 0 bridgehead atoms. The summed E-state index contributed by atoms with van der Waals surface area (Å²) in [7, 11) is 1.57. The number of methoxy groups -OCH3 is 1. The van der Waals surface area contributed by atoms with E-state index < -0.39 is 17.7 Å². The van der Waals surface area contributed by atoms with Gasteiger partial charge < -0.3 is 14.6 Å². The number of aliphatic hydroxyl groups excluding tert-OH is 1. The first-order chi connectivity index (χ1) is 16.8. The van der Waals surface area contributed by atoms with E-state index >= 15 is 0 Å². The predicted molar refractivity (Wildman–Crippen MR) is 136 cm³/mol. The van der Waals surface area contributed by atoms with Gasteiger partial charge in [-0.25, -0.2) is 0 Å². The van der Waals surface area contributed by atoms with Crippen molar-refractivity contribution in [3.05, 3.63) is 94.6 Å². The number of carbonyl (C=O) groups is 2. The van der Waals surface area contributed by atoms with Crippen LogP contribution in [0.1, 0.15) is 41.6 Å². The van der Waals surface area contributed by atoms with E-state index in [4.69, 9.17) is 9.47 Å². The Morgan fingerprint density at radius 2 is 1.71 bits per heavy atom. The van der Waals surface area contributed by atoms with Gasteiger partial charge >= 0.3 is 0 Å². The molecule has 1 aliphatic heterocycles. The van der Waals surface area contributed by atoms with Gasteiger partial charge in [-0.1, -0.05) is 43.3 Å². The topological polar surface area (TPSA) is 76.1 Å². The van der Waals surface area contributed by atoms with E-state index in [0.717, 1.165) is 17.5 Å². The van der Waals surface area contributed by atoms with Crippen molar-refractivity contribution in [2.45, 2.75) is 33.2 Å². The monoisotopic (exact) mass is 471 g/mol. The fourth-order valence-corrected chi connectivity index (χ4v) is 4.27. The maximum absolute atomic E-state index is 13.4. The minimum Gasteiger partial charge on any atom is -0.507 e. The van der Waals surface area contributed by atoms with Gasteiger partial charge in [0.1, 0.15) is 17.3 Å². The van der Waals surface area contributed by atoms with Gasteiger partial charge in [-0.3, -0.25) is 14.5 Å². The molecule has 35 heavy (non-hydrogen) atoms. The second-order valence-electron chi connectivity index (χ2n) is 8.61. The molecule has 1 unspecified atom stereocenters. The lowest BCUT2D eigenvalue weighted by molar-refractivity contribution is -0.132. The van der Waals surface area contributed by atoms with Crippen molar-refractivity contribution < 1.29 is 24.2 Å². The Labute approximate surface area is 205 Å². The Morgan fingerprint density at radius 1 is 0.971 bits per heavy atom. The van der Waals surface area contributed by atoms with Gasteiger partial charge in [0.2, 0.25) is 0 Å². The quantitative estimate of drug-likeness (QED) is 0.271. The number of benzene rings is 3. The molecule has 3 aromatic rings. The Balaban J connectivity index is 1.91. The van der Waals surface area contributed by atoms with E-state index in [0.29, 0.717) is 34.9 Å². The summed E-state index contributed by atoms with van der Waals surface area (Å²) in [6, 6.07) is 19.1. The SMILES string of the molecule is CCCOc1cccc(/C(O)=C2\C(=O)C(=O)N(c3cc(C)ccc3C)C2c2ccc(OC)cc2)c1. The van der Waals surface area contributed by atoms with E-state index in [-0.39, 0.29) is 11.3 Å². The number of aryl methyl sites for hydroxylation is 2. The molecule has 3 aromatic carbocycles. The number of carbonyl (C=O) groups excluding carboxylic acids is 2. The lowest BCUT2D eigenvalue weighted by atomic mass is 9.94. The molecule has 0 spiro atoms. The highest BCUT2D eigenvalue weighted by atomic mass is 16.5. The molecule has 0 aliphatic carbocycles. The number of ketones is 1. The van der Waals surface area contributed by atoms with Gasteiger partial charge in [-0.05, 0) is 67.3 Å². The van der Waals surface area contributed by atoms with Gasteiger partial charge in [-0.15, -0.1) is 0 Å². The predicted octanol–water partition coefficient (Wildman–Crippen LogP) is 5.73. The summed E-state index contributed by atoms with van der Waals surface area (Å²) in [4.78, 5) is 28.3. The first-order valence-electron chi connectivity index (χ1n) is 11.6. The minimum atomic E-state index is -0.804. The summed E-state index contributed by atoms with van der Waals surface area (Å²) in [5.74, 6) is -0.415. The second-order valence-corrected chi connectivity index (χ2v) is 8.61. The number of ether oxygens (including phenoxy) is 2. The first kappa shape index (κ1) is 24.1. The van der Waals surface area contributed by atoms with Crippen molar-refractivity contribution in [1.82, 2.24) is 0 Å². The molecule has 1 atom stereocenters. The average Bonchev–Trinajstić information content (AvgIpc) is 3.14. The second kappa shape index (κ2) is 10.1. The zero-order valence-corrected chi connectivity index (χ0v) is 20.4. The molecule has 1 aliphatic rings. The van der Waals surface area contributed by atoms with Gasteiger partial charge in [0, 0.05) is 11.3 Å². The number of hydrogen-bond donors (Lipinski definition) is 1. The van der Waals surface area contributed by atoms with Crippen LogP contribution in [0.4, 0.5) is 5.69 Å². The van der Waals surface area contributed by atoms with Crippen molar-refractivity contribution in [3.63, 3.8) is 0 Å². The third kappa shape index (κ3) is 4.64. The van der Waals surface area contributed by atoms with Crippen LogP contribution in [0.5, 0.6) is 11.5 Å². The van der Waals surface area contributed by atoms with Crippen molar-refractivity contribution in [1.29, 1.82) is 0 Å². The van der Waals surface area contributed by atoms with Crippen molar-refractivity contribution in [2.24, 2.45) is 0 Å². The largest absolute Gasteiger partial charge is 0.507 e. The van der Waals surface area contributed by atoms with Crippen LogP contribution in [0, 0.1) is 13.8 Å². The van der Waals surface area contributed by atoms with E-state index in [1.165, 1.54) is 4.90 Å². The van der Waals surface area contributed by atoms with Crippen LogP contribution in [-0.2, 0) is 9.59 Å². The van der Waals surface area contributed by atoms with Crippen molar-refractivity contribution >= 4 is 23.1 Å². The maximum atomic E-state index is 13.4. The van der Waals surface area contributed by atoms with Crippen LogP contribution in [0.2, 0.25) is 0 Å². The molecule has 6 heteroatoms. The number of Topliss-reactive ketones (excluding diaryl/α,β-unsaturated/α-hetero) is 1. The van der Waals surface area contributed by atoms with Crippen LogP contribution in [0.3, 0.4) is 0 Å². The fourth-order valence-electron chi connectivity index (χ4n) is 4.27. The number of aliphatic hydroxyl groups is 1. The van der Waals surface area contributed by atoms with Crippen LogP contribution < -0.4 is 14.4 Å². The number of rotatable bonds is 7. The molecular formula is C29H29NO5. The standard InChI is InChI=1S/C29H29NO5/c1-5-15-35-23-8-6-7-21(17-23)27(31)25-26(20-11-13-22(34-4)14-12-20)30(29(33)28(25)32)24-16-18(2)9-10-19(24)3/h6-14,16-17,26,31H,5,15H2,1-4H3/b27-25+. The van der Waals surface area contributed by atoms with Gasteiger partial charge in [0.15, 0.2) is 0 Å². The molecular weight excluding hydrogens is 442 g/mol. The van der Waals surface area contributed by atoms with Gasteiger partial charge in [0.25, 0.3) is 11.7 Å². The highest BCUT2D eigenvalue weighted by Crippen LogP contribution is 2.43. The van der Waals surface area contributed by atoms with Crippen molar-refractivity contribution in [2.75, 3.05) is 18.6 Å². The van der Waals surface area contributed by atoms with Crippen LogP contribution >= 0.6 is 0 Å². The zero-order valence-electron chi connectivity index (χ0n) is 20.4. The summed E-state index contributed by atoms with van der Waals surface area (Å²) >= 11 is 0. The summed E-state index contributed by atoms with van der Waals surface area (Å²) in [6.45, 7) is 6.37. The Hall–Kier alpha value is -4.06. The van der Waals surface area contributed by atoms with E-state index in [9.17, 15) is 14.7 Å². The Bertz CT molecular complexity index is 1290. The normalized spacial score (nSPS) is 17.0. The molecule has 4 rings (SSSR count). The highest BCUT2D eigenvalue weighted by molar-refractivity contribution is 6.51. The maximum Gasteiger partial charge on any atom is 0.300 e. The third-order valence-corrected chi connectivity index (χ3v) is 6.08. The fraction of sp³-hybridized carbons (Fsp3) is 0.241. The average molecular weight is 472 g/mol. The first-order valence-corrected chi connectivity index (χ1v) is 11.6. The minimum absolute atomic E-state index is 0.0358. The smallest absolute Gasteiger partial charge is 0.300 e. The molecule has 0 saturated carbocycles. The number of hydrogen-bond acceptors (Lipinski definition) is 5. The van der Waals surface area contributed by atoms with Crippen molar-refractivity contribution in [3.8, 4) is 11.5 Å². The van der Waals surface area contributed by atoms with Crippen LogP contribution in [-0.4, -0.2) is 30.5 Å². The lowest BCUT2D eigenvalue weighted by Crippen LogP contribution is -2.30. The zero-order chi connectivity index (χ0) is 25.1. The molecule has 1 N–H and O–H groups in total. The molecule has 0 aromatic heterocycles. The molecule has 0 radical (unpaired) electrons. The molecule has 1 fully saturated rings. The summed E-state index contributed by atoms with van der Waals surface area (Å²) in [5.41, 5.74) is 3.58. The molecule has 6 nitrogen and oxygen atoms in total. The van der Waals surface area contributed by atoms with E-state index in [2.05, 4.69) is 0 Å². The van der Waals surface area contributed by atoms with Crippen LogP contribution in [0.25, 0.3) is 5.76 Å². The highest BCUT2D eigenvalue weighted by Gasteiger charge is 2.47. The lowest BCUT2D eigenvalue weighted by Gasteiger charge is -2.27. The molecule has 1 amide bonds. The van der Waals surface area contributed by atoms with Gasteiger partial charge in [0.05, 0.1) is 25.3 Å².